The number of hydrogen-bond donors (Lipinski definition) is 1. The average molecular weight is 448 g/mol. The molecular formula is C30H25NO3. The van der Waals surface area contributed by atoms with Crippen molar-refractivity contribution in [2.24, 2.45) is 0 Å². The largest absolute Gasteiger partial charge is 0.449 e. The highest BCUT2D eigenvalue weighted by molar-refractivity contribution is 5.81. The van der Waals surface area contributed by atoms with Crippen LogP contribution in [0.1, 0.15) is 38.5 Å². The molecule has 1 aliphatic carbocycles. The van der Waals surface area contributed by atoms with Crippen LogP contribution < -0.4 is 5.32 Å². The van der Waals surface area contributed by atoms with E-state index in [2.05, 4.69) is 29.6 Å². The number of aldehydes is 1. The van der Waals surface area contributed by atoms with Crippen molar-refractivity contribution in [2.75, 3.05) is 6.61 Å². The smallest absolute Gasteiger partial charge is 0.407 e. The van der Waals surface area contributed by atoms with Gasteiger partial charge in [0.05, 0.1) is 0 Å². The quantitative estimate of drug-likeness (QED) is 0.343. The van der Waals surface area contributed by atoms with E-state index in [1.807, 2.05) is 67.6 Å². The molecule has 0 saturated carbocycles. The van der Waals surface area contributed by atoms with Crippen molar-refractivity contribution in [3.8, 4) is 22.3 Å². The van der Waals surface area contributed by atoms with Crippen LogP contribution in [0, 0.1) is 6.92 Å². The molecule has 1 aliphatic rings. The average Bonchev–Trinajstić information content (AvgIpc) is 3.20. The van der Waals surface area contributed by atoms with E-state index in [0.717, 1.165) is 28.5 Å². The second-order valence-corrected chi connectivity index (χ2v) is 8.53. The number of amides is 1. The van der Waals surface area contributed by atoms with Crippen molar-refractivity contribution in [3.05, 3.63) is 119 Å². The summed E-state index contributed by atoms with van der Waals surface area (Å²) in [5, 5.41) is 2.91. The van der Waals surface area contributed by atoms with E-state index in [9.17, 15) is 9.59 Å². The highest BCUT2D eigenvalue weighted by Crippen LogP contribution is 2.44. The summed E-state index contributed by atoms with van der Waals surface area (Å²) in [6.07, 6.45) is 0.395. The van der Waals surface area contributed by atoms with Crippen molar-refractivity contribution in [1.29, 1.82) is 0 Å². The summed E-state index contributed by atoms with van der Waals surface area (Å²) in [7, 11) is 0. The number of aryl methyl sites for hydroxylation is 1. The topological polar surface area (TPSA) is 55.4 Å². The molecule has 0 atom stereocenters. The Morgan fingerprint density at radius 2 is 1.56 bits per heavy atom. The van der Waals surface area contributed by atoms with E-state index in [0.29, 0.717) is 12.1 Å². The van der Waals surface area contributed by atoms with E-state index in [-0.39, 0.29) is 12.5 Å². The first kappa shape index (κ1) is 21.7. The van der Waals surface area contributed by atoms with Gasteiger partial charge in [-0.2, -0.15) is 0 Å². The minimum Gasteiger partial charge on any atom is -0.449 e. The number of hydrogen-bond acceptors (Lipinski definition) is 3. The highest BCUT2D eigenvalue weighted by atomic mass is 16.5. The lowest BCUT2D eigenvalue weighted by atomic mass is 9.94. The summed E-state index contributed by atoms with van der Waals surface area (Å²) >= 11 is 0. The van der Waals surface area contributed by atoms with Gasteiger partial charge in [0.1, 0.15) is 12.9 Å². The maximum atomic E-state index is 12.7. The zero-order valence-electron chi connectivity index (χ0n) is 19.0. The monoisotopic (exact) mass is 447 g/mol. The van der Waals surface area contributed by atoms with Crippen molar-refractivity contribution in [2.45, 2.75) is 19.4 Å². The predicted octanol–water partition coefficient (Wildman–Crippen LogP) is 6.51. The van der Waals surface area contributed by atoms with Crippen molar-refractivity contribution in [3.63, 3.8) is 0 Å². The third-order valence-electron chi connectivity index (χ3n) is 6.44. The molecule has 0 aliphatic heterocycles. The Morgan fingerprint density at radius 1 is 0.882 bits per heavy atom. The number of carbonyl (C=O) groups excluding carboxylic acids is 2. The molecule has 4 nitrogen and oxygen atoms in total. The lowest BCUT2D eigenvalue weighted by Gasteiger charge is -2.16. The van der Waals surface area contributed by atoms with Crippen LogP contribution in [0.4, 0.5) is 4.79 Å². The number of alkyl carbamates (subject to hydrolysis) is 1. The van der Waals surface area contributed by atoms with Crippen LogP contribution in [0.15, 0.2) is 91.0 Å². The summed E-state index contributed by atoms with van der Waals surface area (Å²) in [6.45, 7) is 2.64. The van der Waals surface area contributed by atoms with Crippen LogP contribution in [0.3, 0.4) is 0 Å². The molecule has 4 heteroatoms. The molecule has 5 rings (SSSR count). The van der Waals surface area contributed by atoms with Gasteiger partial charge in [-0.25, -0.2) is 4.79 Å². The summed E-state index contributed by atoms with van der Waals surface area (Å²) in [5.41, 5.74) is 9.42. The predicted molar refractivity (Wildman–Crippen MR) is 134 cm³/mol. The molecule has 1 N–H and O–H groups in total. The molecular weight excluding hydrogens is 422 g/mol. The van der Waals surface area contributed by atoms with Gasteiger partial charge < -0.3 is 10.1 Å². The maximum absolute atomic E-state index is 12.7. The van der Waals surface area contributed by atoms with Crippen LogP contribution in [0.25, 0.3) is 22.3 Å². The molecule has 0 unspecified atom stereocenters. The molecule has 1 amide bonds. The first-order chi connectivity index (χ1) is 16.7. The van der Waals surface area contributed by atoms with Crippen molar-refractivity contribution >= 4 is 12.4 Å². The highest BCUT2D eigenvalue weighted by Gasteiger charge is 2.29. The third kappa shape index (κ3) is 4.11. The second-order valence-electron chi connectivity index (χ2n) is 8.53. The molecule has 0 bridgehead atoms. The van der Waals surface area contributed by atoms with Crippen LogP contribution >= 0.6 is 0 Å². The van der Waals surface area contributed by atoms with Crippen molar-refractivity contribution in [1.82, 2.24) is 5.32 Å². The first-order valence-corrected chi connectivity index (χ1v) is 11.4. The summed E-state index contributed by atoms with van der Waals surface area (Å²) < 4.78 is 5.68. The van der Waals surface area contributed by atoms with Crippen LogP contribution in [0.5, 0.6) is 0 Å². The standard InChI is InChI=1S/C30H25NO3/c1-20-8-6-11-23(29(20)22-10-7-9-21(16-22)18-32)17-31-30(33)34-19-28-26-14-4-2-12-24(26)25-13-3-5-15-27(25)28/h2-16,18,28H,17,19H2,1H3,(H,31,33). The third-order valence-corrected chi connectivity index (χ3v) is 6.44. The molecule has 34 heavy (non-hydrogen) atoms. The number of benzene rings is 4. The number of nitrogens with one attached hydrogen (secondary N) is 1. The van der Waals surface area contributed by atoms with E-state index < -0.39 is 6.09 Å². The number of ether oxygens (including phenoxy) is 1. The molecule has 0 radical (unpaired) electrons. The Balaban J connectivity index is 1.29. The maximum Gasteiger partial charge on any atom is 0.407 e. The van der Waals surface area contributed by atoms with E-state index in [1.165, 1.54) is 22.3 Å². The minimum absolute atomic E-state index is 0.0266. The van der Waals surface area contributed by atoms with Crippen LogP contribution in [0.2, 0.25) is 0 Å². The van der Waals surface area contributed by atoms with Gasteiger partial charge in [0.2, 0.25) is 0 Å². The van der Waals surface area contributed by atoms with E-state index in [4.69, 9.17) is 4.74 Å². The van der Waals surface area contributed by atoms with Gasteiger partial charge in [-0.05, 0) is 57.5 Å². The van der Waals surface area contributed by atoms with Gasteiger partial charge in [-0.3, -0.25) is 4.79 Å². The first-order valence-electron chi connectivity index (χ1n) is 11.4. The molecule has 0 aromatic heterocycles. The zero-order chi connectivity index (χ0) is 23.5. The van der Waals surface area contributed by atoms with Crippen molar-refractivity contribution < 1.29 is 14.3 Å². The summed E-state index contributed by atoms with van der Waals surface area (Å²) in [5.74, 6) is 0.0266. The summed E-state index contributed by atoms with van der Waals surface area (Å²) in [6, 6.07) is 30.0. The lowest BCUT2D eigenvalue weighted by molar-refractivity contribution is 0.112. The molecule has 4 aromatic carbocycles. The van der Waals surface area contributed by atoms with Gasteiger partial charge in [0.25, 0.3) is 0 Å². The van der Waals surface area contributed by atoms with Gasteiger partial charge in [-0.1, -0.05) is 84.9 Å². The van der Waals surface area contributed by atoms with E-state index in [1.54, 1.807) is 6.07 Å². The van der Waals surface area contributed by atoms with Gasteiger partial charge in [0.15, 0.2) is 0 Å². The second kappa shape index (κ2) is 9.36. The Morgan fingerprint density at radius 3 is 2.26 bits per heavy atom. The molecule has 0 fully saturated rings. The fourth-order valence-electron chi connectivity index (χ4n) is 4.87. The number of fused-ring (bicyclic) bond motifs is 3. The Bertz CT molecular complexity index is 1330. The molecule has 168 valence electrons. The molecule has 0 spiro atoms. The Labute approximate surface area is 199 Å². The normalized spacial score (nSPS) is 12.0. The van der Waals surface area contributed by atoms with Gasteiger partial charge in [0, 0.05) is 18.0 Å². The molecule has 4 aromatic rings. The number of carbonyl (C=O) groups is 2. The number of rotatable bonds is 6. The molecule has 0 saturated heterocycles. The SMILES string of the molecule is Cc1cccc(CNC(=O)OCC2c3ccccc3-c3ccccc32)c1-c1cccc(C=O)c1. The Hall–Kier alpha value is -4.18. The summed E-state index contributed by atoms with van der Waals surface area (Å²) in [4.78, 5) is 23.9. The van der Waals surface area contributed by atoms with Gasteiger partial charge in [-0.15, -0.1) is 0 Å². The van der Waals surface area contributed by atoms with E-state index >= 15 is 0 Å². The zero-order valence-corrected chi connectivity index (χ0v) is 19.0. The fourth-order valence-corrected chi connectivity index (χ4v) is 4.87. The fraction of sp³-hybridized carbons (Fsp3) is 0.133. The van der Waals surface area contributed by atoms with Crippen LogP contribution in [-0.2, 0) is 11.3 Å². The van der Waals surface area contributed by atoms with Crippen LogP contribution in [-0.4, -0.2) is 19.0 Å². The lowest BCUT2D eigenvalue weighted by Crippen LogP contribution is -2.26. The molecule has 0 heterocycles. The Kier molecular flexibility index (Phi) is 5.96. The minimum atomic E-state index is -0.448. The van der Waals surface area contributed by atoms with Gasteiger partial charge >= 0.3 is 6.09 Å².